The van der Waals surface area contributed by atoms with Crippen molar-refractivity contribution in [2.75, 3.05) is 0 Å². The van der Waals surface area contributed by atoms with Crippen molar-refractivity contribution < 1.29 is 9.90 Å². The van der Waals surface area contributed by atoms with Crippen molar-refractivity contribution in [3.63, 3.8) is 0 Å². The first-order chi connectivity index (χ1) is 9.59. The Morgan fingerprint density at radius 1 is 1.10 bits per heavy atom. The molecule has 2 atom stereocenters. The van der Waals surface area contributed by atoms with E-state index in [4.69, 9.17) is 11.6 Å². The number of rotatable bonds is 5. The Labute approximate surface area is 123 Å². The number of halogens is 1. The average molecular weight is 290 g/mol. The van der Waals surface area contributed by atoms with Crippen LogP contribution in [0.3, 0.4) is 0 Å². The molecule has 3 nitrogen and oxygen atoms in total. The Bertz CT molecular complexity index is 586. The normalized spacial score (nSPS) is 13.7. The van der Waals surface area contributed by atoms with Gasteiger partial charge in [-0.25, -0.2) is 0 Å². The maximum Gasteiger partial charge on any atom is 0.325 e. The second kappa shape index (κ2) is 6.55. The lowest BCUT2D eigenvalue weighted by Gasteiger charge is -2.21. The fourth-order valence-electron chi connectivity index (χ4n) is 2.09. The van der Waals surface area contributed by atoms with Crippen LogP contribution in [0.4, 0.5) is 0 Å². The topological polar surface area (TPSA) is 49.3 Å². The molecule has 0 saturated heterocycles. The quantitative estimate of drug-likeness (QED) is 0.880. The van der Waals surface area contributed by atoms with Crippen molar-refractivity contribution in [1.82, 2.24) is 5.32 Å². The second-order valence-corrected chi connectivity index (χ2v) is 5.00. The first kappa shape index (κ1) is 14.6. The van der Waals surface area contributed by atoms with E-state index in [2.05, 4.69) is 5.32 Å². The maximum absolute atomic E-state index is 11.5. The van der Waals surface area contributed by atoms with Crippen molar-refractivity contribution in [3.8, 4) is 0 Å². The Kier molecular flexibility index (Phi) is 4.77. The zero-order valence-corrected chi connectivity index (χ0v) is 11.8. The fraction of sp³-hybridized carbons (Fsp3) is 0.188. The standard InChI is InChI=1S/C16H16ClNO2/c1-11(12-7-3-2-4-8-12)18-15(16(19)20)13-9-5-6-10-14(13)17/h2-11,15,18H,1H3,(H,19,20). The van der Waals surface area contributed by atoms with Crippen LogP contribution in [-0.2, 0) is 4.79 Å². The van der Waals surface area contributed by atoms with Gasteiger partial charge in [0.1, 0.15) is 6.04 Å². The lowest BCUT2D eigenvalue weighted by molar-refractivity contribution is -0.139. The summed E-state index contributed by atoms with van der Waals surface area (Å²) >= 11 is 6.09. The van der Waals surface area contributed by atoms with Crippen LogP contribution in [0.1, 0.15) is 30.1 Å². The summed E-state index contributed by atoms with van der Waals surface area (Å²) in [6.07, 6.45) is 0. The summed E-state index contributed by atoms with van der Waals surface area (Å²) in [5.41, 5.74) is 1.61. The van der Waals surface area contributed by atoms with Crippen molar-refractivity contribution in [2.45, 2.75) is 19.0 Å². The van der Waals surface area contributed by atoms with Gasteiger partial charge in [0.05, 0.1) is 0 Å². The summed E-state index contributed by atoms with van der Waals surface area (Å²) in [7, 11) is 0. The van der Waals surface area contributed by atoms with Gasteiger partial charge in [-0.3, -0.25) is 10.1 Å². The minimum atomic E-state index is -0.944. The van der Waals surface area contributed by atoms with Gasteiger partial charge in [0.25, 0.3) is 0 Å². The van der Waals surface area contributed by atoms with Crippen LogP contribution in [0, 0.1) is 0 Å². The molecule has 0 aliphatic carbocycles. The molecule has 0 aliphatic heterocycles. The molecule has 0 aliphatic rings. The Hall–Kier alpha value is -1.84. The van der Waals surface area contributed by atoms with Crippen molar-refractivity contribution >= 4 is 17.6 Å². The molecule has 0 bridgehead atoms. The summed E-state index contributed by atoms with van der Waals surface area (Å²) in [6.45, 7) is 1.93. The highest BCUT2D eigenvalue weighted by molar-refractivity contribution is 6.31. The average Bonchev–Trinajstić information content (AvgIpc) is 2.46. The van der Waals surface area contributed by atoms with Gasteiger partial charge >= 0.3 is 5.97 Å². The predicted octanol–water partition coefficient (Wildman–Crippen LogP) is 3.82. The highest BCUT2D eigenvalue weighted by atomic mass is 35.5. The number of carbonyl (C=O) groups is 1. The number of carboxylic acid groups (broad SMARTS) is 1. The van der Waals surface area contributed by atoms with Crippen LogP contribution in [-0.4, -0.2) is 11.1 Å². The number of aliphatic carboxylic acids is 1. The van der Waals surface area contributed by atoms with Gasteiger partial charge in [-0.1, -0.05) is 60.1 Å². The molecule has 104 valence electrons. The third-order valence-corrected chi connectivity index (χ3v) is 3.52. The first-order valence-corrected chi connectivity index (χ1v) is 6.75. The second-order valence-electron chi connectivity index (χ2n) is 4.59. The molecule has 2 rings (SSSR count). The SMILES string of the molecule is CC(NC(C(=O)O)c1ccccc1Cl)c1ccccc1. The minimum Gasteiger partial charge on any atom is -0.480 e. The van der Waals surface area contributed by atoms with Crippen LogP contribution in [0.2, 0.25) is 5.02 Å². The number of benzene rings is 2. The van der Waals surface area contributed by atoms with Crippen molar-refractivity contribution in [3.05, 3.63) is 70.7 Å². The molecule has 0 spiro atoms. The summed E-state index contributed by atoms with van der Waals surface area (Å²) in [6, 6.07) is 15.8. The zero-order valence-electron chi connectivity index (χ0n) is 11.1. The maximum atomic E-state index is 11.5. The van der Waals surface area contributed by atoms with Gasteiger partial charge in [0.2, 0.25) is 0 Å². The van der Waals surface area contributed by atoms with Gasteiger partial charge in [0.15, 0.2) is 0 Å². The van der Waals surface area contributed by atoms with Crippen LogP contribution >= 0.6 is 11.6 Å². The van der Waals surface area contributed by atoms with E-state index in [1.807, 2.05) is 37.3 Å². The number of hydrogen-bond acceptors (Lipinski definition) is 2. The molecule has 2 unspecified atom stereocenters. The molecule has 0 amide bonds. The van der Waals surface area contributed by atoms with Crippen molar-refractivity contribution in [2.24, 2.45) is 0 Å². The molecule has 0 heterocycles. The van der Waals surface area contributed by atoms with E-state index in [0.29, 0.717) is 10.6 Å². The molecular weight excluding hydrogens is 274 g/mol. The molecule has 2 N–H and O–H groups in total. The predicted molar refractivity (Wildman–Crippen MR) is 79.8 cm³/mol. The molecule has 20 heavy (non-hydrogen) atoms. The molecule has 2 aromatic rings. The summed E-state index contributed by atoms with van der Waals surface area (Å²) in [4.78, 5) is 11.5. The van der Waals surface area contributed by atoms with Crippen LogP contribution in [0.5, 0.6) is 0 Å². The van der Waals surface area contributed by atoms with Crippen molar-refractivity contribution in [1.29, 1.82) is 0 Å². The lowest BCUT2D eigenvalue weighted by atomic mass is 10.0. The smallest absolute Gasteiger partial charge is 0.325 e. The molecule has 2 aromatic carbocycles. The molecule has 4 heteroatoms. The van der Waals surface area contributed by atoms with E-state index >= 15 is 0 Å². The third-order valence-electron chi connectivity index (χ3n) is 3.18. The van der Waals surface area contributed by atoms with E-state index in [9.17, 15) is 9.90 Å². The number of hydrogen-bond donors (Lipinski definition) is 2. The van der Waals surface area contributed by atoms with E-state index in [1.54, 1.807) is 24.3 Å². The fourth-order valence-corrected chi connectivity index (χ4v) is 2.34. The summed E-state index contributed by atoms with van der Waals surface area (Å²) in [5.74, 6) is -0.944. The highest BCUT2D eigenvalue weighted by Crippen LogP contribution is 2.25. The largest absolute Gasteiger partial charge is 0.480 e. The van der Waals surface area contributed by atoms with Crippen LogP contribution in [0.25, 0.3) is 0 Å². The van der Waals surface area contributed by atoms with Crippen LogP contribution < -0.4 is 5.32 Å². The minimum absolute atomic E-state index is 0.0893. The molecule has 0 fully saturated rings. The lowest BCUT2D eigenvalue weighted by Crippen LogP contribution is -2.31. The van der Waals surface area contributed by atoms with E-state index in [1.165, 1.54) is 0 Å². The Morgan fingerprint density at radius 2 is 1.70 bits per heavy atom. The number of carboxylic acids is 1. The Morgan fingerprint density at radius 3 is 2.30 bits per heavy atom. The first-order valence-electron chi connectivity index (χ1n) is 6.38. The summed E-state index contributed by atoms with van der Waals surface area (Å²) < 4.78 is 0. The highest BCUT2D eigenvalue weighted by Gasteiger charge is 2.24. The molecular formula is C16H16ClNO2. The summed E-state index contributed by atoms with van der Waals surface area (Å²) in [5, 5.41) is 13.0. The Balaban J connectivity index is 2.23. The van der Waals surface area contributed by atoms with E-state index in [-0.39, 0.29) is 6.04 Å². The molecule has 0 aromatic heterocycles. The van der Waals surface area contributed by atoms with Gasteiger partial charge < -0.3 is 5.11 Å². The van der Waals surface area contributed by atoms with Gasteiger partial charge in [0, 0.05) is 11.1 Å². The molecule has 0 saturated carbocycles. The van der Waals surface area contributed by atoms with Gasteiger partial charge in [-0.2, -0.15) is 0 Å². The van der Waals surface area contributed by atoms with Gasteiger partial charge in [-0.15, -0.1) is 0 Å². The monoisotopic (exact) mass is 289 g/mol. The van der Waals surface area contributed by atoms with Gasteiger partial charge in [-0.05, 0) is 24.1 Å². The zero-order chi connectivity index (χ0) is 14.5. The number of nitrogens with one attached hydrogen (secondary N) is 1. The van der Waals surface area contributed by atoms with Crippen LogP contribution in [0.15, 0.2) is 54.6 Å². The third kappa shape index (κ3) is 3.38. The van der Waals surface area contributed by atoms with E-state index < -0.39 is 12.0 Å². The van der Waals surface area contributed by atoms with E-state index in [0.717, 1.165) is 5.56 Å². The molecule has 0 radical (unpaired) electrons.